The average Bonchev–Trinajstić information content (AvgIpc) is 3.04. The van der Waals surface area contributed by atoms with Crippen molar-refractivity contribution < 1.29 is 0 Å². The summed E-state index contributed by atoms with van der Waals surface area (Å²) in [6, 6.07) is 5.31. The molecule has 0 amide bonds. The van der Waals surface area contributed by atoms with Crippen LogP contribution in [0.3, 0.4) is 0 Å². The van der Waals surface area contributed by atoms with Gasteiger partial charge in [0.1, 0.15) is 0 Å². The van der Waals surface area contributed by atoms with E-state index in [4.69, 9.17) is 17.3 Å². The molecular formula is C17H29ClN2S. The van der Waals surface area contributed by atoms with Crippen LogP contribution >= 0.6 is 22.9 Å². The molecule has 0 radical (unpaired) electrons. The quantitative estimate of drug-likeness (QED) is 0.756. The predicted molar refractivity (Wildman–Crippen MR) is 94.1 cm³/mol. The zero-order valence-electron chi connectivity index (χ0n) is 13.5. The molecule has 1 aliphatic carbocycles. The number of nitrogens with two attached hydrogens (primary N) is 1. The fourth-order valence-electron chi connectivity index (χ4n) is 3.40. The molecule has 120 valence electrons. The maximum atomic E-state index is 6.37. The fourth-order valence-corrected chi connectivity index (χ4v) is 4.70. The number of rotatable bonds is 7. The number of hydrogen-bond donors (Lipinski definition) is 1. The van der Waals surface area contributed by atoms with Gasteiger partial charge in [0.15, 0.2) is 0 Å². The van der Waals surface area contributed by atoms with E-state index < -0.39 is 0 Å². The Kier molecular flexibility index (Phi) is 6.54. The van der Waals surface area contributed by atoms with E-state index in [1.165, 1.54) is 37.0 Å². The fraction of sp³-hybridized carbons (Fsp3) is 0.765. The first-order valence-corrected chi connectivity index (χ1v) is 9.45. The summed E-state index contributed by atoms with van der Waals surface area (Å²) in [5, 5.41) is 0. The van der Waals surface area contributed by atoms with Gasteiger partial charge in [0.25, 0.3) is 0 Å². The van der Waals surface area contributed by atoms with E-state index in [1.54, 1.807) is 11.3 Å². The van der Waals surface area contributed by atoms with Crippen molar-refractivity contribution in [2.75, 3.05) is 6.54 Å². The van der Waals surface area contributed by atoms with Crippen molar-refractivity contribution in [3.8, 4) is 0 Å². The summed E-state index contributed by atoms with van der Waals surface area (Å²) in [6.45, 7) is 7.88. The van der Waals surface area contributed by atoms with E-state index >= 15 is 0 Å². The summed E-state index contributed by atoms with van der Waals surface area (Å²) in [7, 11) is 0. The molecule has 1 fully saturated rings. The minimum Gasteiger partial charge on any atom is -0.326 e. The van der Waals surface area contributed by atoms with Gasteiger partial charge in [-0.3, -0.25) is 4.90 Å². The highest BCUT2D eigenvalue weighted by Gasteiger charge is 2.32. The van der Waals surface area contributed by atoms with Crippen molar-refractivity contribution in [3.05, 3.63) is 21.3 Å². The van der Waals surface area contributed by atoms with Crippen LogP contribution in [0.1, 0.15) is 63.8 Å². The molecule has 0 spiro atoms. The summed E-state index contributed by atoms with van der Waals surface area (Å²) in [6.07, 6.45) is 6.60. The third-order valence-electron chi connectivity index (χ3n) is 4.50. The van der Waals surface area contributed by atoms with Gasteiger partial charge >= 0.3 is 0 Å². The van der Waals surface area contributed by atoms with Crippen LogP contribution in [0.25, 0.3) is 0 Å². The highest BCUT2D eigenvalue weighted by Crippen LogP contribution is 2.37. The van der Waals surface area contributed by atoms with Crippen LogP contribution in [0.2, 0.25) is 4.34 Å². The van der Waals surface area contributed by atoms with Crippen LogP contribution in [-0.2, 0) is 0 Å². The lowest BCUT2D eigenvalue weighted by Gasteiger charge is -2.38. The molecule has 21 heavy (non-hydrogen) atoms. The maximum Gasteiger partial charge on any atom is 0.0931 e. The Labute approximate surface area is 138 Å². The van der Waals surface area contributed by atoms with Crippen molar-refractivity contribution >= 4 is 22.9 Å². The first-order valence-electron chi connectivity index (χ1n) is 8.25. The van der Waals surface area contributed by atoms with Crippen molar-refractivity contribution in [2.24, 2.45) is 11.7 Å². The van der Waals surface area contributed by atoms with E-state index in [2.05, 4.69) is 31.7 Å². The molecule has 0 bridgehead atoms. The summed E-state index contributed by atoms with van der Waals surface area (Å²) in [4.78, 5) is 4.01. The molecular weight excluding hydrogens is 300 g/mol. The normalized spacial score (nSPS) is 19.6. The second-order valence-electron chi connectivity index (χ2n) is 6.80. The molecule has 1 saturated carbocycles. The van der Waals surface area contributed by atoms with Crippen molar-refractivity contribution in [3.63, 3.8) is 0 Å². The molecule has 1 aliphatic rings. The Morgan fingerprint density at radius 1 is 1.29 bits per heavy atom. The molecule has 2 unspecified atom stereocenters. The lowest BCUT2D eigenvalue weighted by molar-refractivity contribution is 0.114. The minimum absolute atomic E-state index is 0.132. The molecule has 2 N–H and O–H groups in total. The molecule has 0 aromatic carbocycles. The lowest BCUT2D eigenvalue weighted by Crippen LogP contribution is -2.44. The molecule has 0 saturated heterocycles. The largest absolute Gasteiger partial charge is 0.326 e. The van der Waals surface area contributed by atoms with Crippen LogP contribution in [0.4, 0.5) is 0 Å². The van der Waals surface area contributed by atoms with E-state index in [0.717, 1.165) is 16.8 Å². The topological polar surface area (TPSA) is 29.3 Å². The van der Waals surface area contributed by atoms with Crippen molar-refractivity contribution in [2.45, 2.75) is 71.0 Å². The Balaban J connectivity index is 2.21. The van der Waals surface area contributed by atoms with E-state index in [-0.39, 0.29) is 6.04 Å². The summed E-state index contributed by atoms with van der Waals surface area (Å²) < 4.78 is 0.867. The van der Waals surface area contributed by atoms with Gasteiger partial charge in [0.05, 0.1) is 10.4 Å². The van der Waals surface area contributed by atoms with Gasteiger partial charge in [0.2, 0.25) is 0 Å². The summed E-state index contributed by atoms with van der Waals surface area (Å²) in [5.41, 5.74) is 6.37. The van der Waals surface area contributed by atoms with Gasteiger partial charge in [-0.15, -0.1) is 11.3 Å². The molecule has 1 aromatic rings. The van der Waals surface area contributed by atoms with Crippen LogP contribution in [0.5, 0.6) is 0 Å². The zero-order chi connectivity index (χ0) is 15.4. The molecule has 2 nitrogen and oxygen atoms in total. The average molecular weight is 329 g/mol. The van der Waals surface area contributed by atoms with Crippen LogP contribution in [-0.4, -0.2) is 23.5 Å². The summed E-state index contributed by atoms with van der Waals surface area (Å²) in [5.74, 6) is 0.731. The molecule has 2 rings (SSSR count). The molecule has 4 heteroatoms. The van der Waals surface area contributed by atoms with Gasteiger partial charge in [-0.05, 0) is 50.8 Å². The van der Waals surface area contributed by atoms with Crippen molar-refractivity contribution in [1.29, 1.82) is 0 Å². The van der Waals surface area contributed by atoms with Gasteiger partial charge < -0.3 is 5.73 Å². The Morgan fingerprint density at radius 3 is 2.43 bits per heavy atom. The molecule has 2 atom stereocenters. The minimum atomic E-state index is 0.132. The standard InChI is InChI=1S/C17H29ClN2S/c1-12(2)10-11-20(14-6-4-5-7-14)17(13(3)19)15-8-9-16(18)21-15/h8-9,12-14,17H,4-7,10-11,19H2,1-3H3. The third kappa shape index (κ3) is 4.69. The second-order valence-corrected chi connectivity index (χ2v) is 8.55. The Morgan fingerprint density at radius 2 is 1.95 bits per heavy atom. The highest BCUT2D eigenvalue weighted by atomic mass is 35.5. The van der Waals surface area contributed by atoms with E-state index in [0.29, 0.717) is 12.1 Å². The second kappa shape index (κ2) is 7.96. The first-order chi connectivity index (χ1) is 9.99. The lowest BCUT2D eigenvalue weighted by atomic mass is 10.0. The number of thiophene rings is 1. The monoisotopic (exact) mass is 328 g/mol. The number of halogens is 1. The van der Waals surface area contributed by atoms with Gasteiger partial charge in [-0.2, -0.15) is 0 Å². The van der Waals surface area contributed by atoms with E-state index in [9.17, 15) is 0 Å². The SMILES string of the molecule is CC(C)CCN(C1CCCC1)C(c1ccc(Cl)s1)C(C)N. The zero-order valence-corrected chi connectivity index (χ0v) is 15.1. The maximum absolute atomic E-state index is 6.37. The predicted octanol–water partition coefficient (Wildman–Crippen LogP) is 5.08. The number of nitrogens with zero attached hydrogens (tertiary/aromatic N) is 1. The van der Waals surface area contributed by atoms with Crippen molar-refractivity contribution in [1.82, 2.24) is 4.90 Å². The summed E-state index contributed by atoms with van der Waals surface area (Å²) >= 11 is 7.85. The van der Waals surface area contributed by atoms with Gasteiger partial charge in [0, 0.05) is 17.0 Å². The molecule has 1 aromatic heterocycles. The van der Waals surface area contributed by atoms with Gasteiger partial charge in [-0.25, -0.2) is 0 Å². The van der Waals surface area contributed by atoms with Gasteiger partial charge in [-0.1, -0.05) is 38.3 Å². The van der Waals surface area contributed by atoms with Crippen LogP contribution < -0.4 is 5.73 Å². The third-order valence-corrected chi connectivity index (χ3v) is 5.80. The van der Waals surface area contributed by atoms with Crippen LogP contribution in [0.15, 0.2) is 12.1 Å². The highest BCUT2D eigenvalue weighted by molar-refractivity contribution is 7.16. The number of hydrogen-bond acceptors (Lipinski definition) is 3. The molecule has 1 heterocycles. The van der Waals surface area contributed by atoms with Crippen LogP contribution in [0, 0.1) is 5.92 Å². The molecule has 0 aliphatic heterocycles. The Bertz CT molecular complexity index is 424. The smallest absolute Gasteiger partial charge is 0.0931 e. The first kappa shape index (κ1) is 17.3. The Hall–Kier alpha value is -0.0900. The van der Waals surface area contributed by atoms with E-state index in [1.807, 2.05) is 6.07 Å².